The maximum atomic E-state index is 9.93. The molecule has 0 amide bonds. The average molecular weight is 296 g/mol. The number of nitrogens with one attached hydrogen (secondary N) is 1. The minimum absolute atomic E-state index is 0.0299. The molecule has 3 N–H and O–H groups in total. The van der Waals surface area contributed by atoms with E-state index in [9.17, 15) is 10.2 Å². The highest BCUT2D eigenvalue weighted by Gasteiger charge is 2.27. The van der Waals surface area contributed by atoms with Crippen LogP contribution in [0.15, 0.2) is 55.1 Å². The van der Waals surface area contributed by atoms with Crippen molar-refractivity contribution in [3.63, 3.8) is 0 Å². The summed E-state index contributed by atoms with van der Waals surface area (Å²) < 4.78 is 0. The van der Waals surface area contributed by atoms with E-state index in [0.717, 1.165) is 37.2 Å². The van der Waals surface area contributed by atoms with Gasteiger partial charge in [-0.3, -0.25) is 0 Å². The average Bonchev–Trinajstić information content (AvgIpc) is 2.70. The van der Waals surface area contributed by atoms with Gasteiger partial charge in [-0.15, -0.1) is 0 Å². The third-order valence-corrected chi connectivity index (χ3v) is 4.49. The Morgan fingerprint density at radius 1 is 1.14 bits per heavy atom. The lowest BCUT2D eigenvalue weighted by Gasteiger charge is -2.22. The van der Waals surface area contributed by atoms with Gasteiger partial charge in [0.2, 0.25) is 0 Å². The molecular formula is C19H22NO2+. The van der Waals surface area contributed by atoms with Gasteiger partial charge in [0.05, 0.1) is 25.6 Å². The molecule has 114 valence electrons. The lowest BCUT2D eigenvalue weighted by Crippen LogP contribution is -3.12. The number of phenolic OH excluding ortho intramolecular Hbond substituents is 2. The van der Waals surface area contributed by atoms with Crippen LogP contribution < -0.4 is 4.90 Å². The first-order valence-electron chi connectivity index (χ1n) is 7.73. The number of rotatable bonds is 3. The molecule has 0 fully saturated rings. The molecule has 0 radical (unpaired) electrons. The fourth-order valence-corrected chi connectivity index (χ4v) is 3.36. The fraction of sp³-hybridized carbons (Fsp3) is 0.263. The summed E-state index contributed by atoms with van der Waals surface area (Å²) in [6, 6.07) is 13.8. The van der Waals surface area contributed by atoms with Gasteiger partial charge in [-0.2, -0.15) is 0 Å². The lowest BCUT2D eigenvalue weighted by molar-refractivity contribution is -0.894. The van der Waals surface area contributed by atoms with E-state index in [1.54, 1.807) is 12.1 Å². The maximum absolute atomic E-state index is 9.93. The number of hydrogen-bond donors (Lipinski definition) is 3. The van der Waals surface area contributed by atoms with E-state index < -0.39 is 0 Å². The van der Waals surface area contributed by atoms with Gasteiger partial charge in [0.15, 0.2) is 11.5 Å². The van der Waals surface area contributed by atoms with Crippen LogP contribution in [0.4, 0.5) is 0 Å². The number of benzene rings is 2. The van der Waals surface area contributed by atoms with Crippen molar-refractivity contribution in [2.75, 3.05) is 19.6 Å². The predicted octanol–water partition coefficient (Wildman–Crippen LogP) is 1.86. The number of quaternary nitrogens is 1. The van der Waals surface area contributed by atoms with E-state index >= 15 is 0 Å². The van der Waals surface area contributed by atoms with Gasteiger partial charge in [0.1, 0.15) is 0 Å². The summed E-state index contributed by atoms with van der Waals surface area (Å²) in [5.41, 5.74) is 3.50. The summed E-state index contributed by atoms with van der Waals surface area (Å²) in [7, 11) is 0. The predicted molar refractivity (Wildman–Crippen MR) is 87.5 cm³/mol. The molecule has 2 atom stereocenters. The molecule has 0 saturated carbocycles. The molecule has 3 nitrogen and oxygen atoms in total. The summed E-state index contributed by atoms with van der Waals surface area (Å²) in [5, 5.41) is 19.7. The van der Waals surface area contributed by atoms with E-state index in [0.29, 0.717) is 0 Å². The first-order chi connectivity index (χ1) is 10.7. The van der Waals surface area contributed by atoms with Crippen LogP contribution >= 0.6 is 0 Å². The first-order valence-corrected chi connectivity index (χ1v) is 7.73. The van der Waals surface area contributed by atoms with Gasteiger partial charge in [0, 0.05) is 6.42 Å². The van der Waals surface area contributed by atoms with Gasteiger partial charge in [-0.05, 0) is 34.9 Å². The minimum Gasteiger partial charge on any atom is -0.504 e. The number of hydrogen-bond acceptors (Lipinski definition) is 2. The Morgan fingerprint density at radius 3 is 2.59 bits per heavy atom. The standard InChI is InChI=1S/C19H21NO2/c1-2-9-20-10-8-15-11-18(21)19(22)12-16(15)17(13-20)14-6-4-3-5-7-14/h2-7,11-12,17,21-22H,1,8-10,13H2/p+1. The minimum atomic E-state index is -0.0353. The zero-order chi connectivity index (χ0) is 15.5. The van der Waals surface area contributed by atoms with Gasteiger partial charge in [0.25, 0.3) is 0 Å². The zero-order valence-corrected chi connectivity index (χ0v) is 12.6. The topological polar surface area (TPSA) is 44.9 Å². The van der Waals surface area contributed by atoms with E-state index in [4.69, 9.17) is 0 Å². The van der Waals surface area contributed by atoms with Crippen LogP contribution in [0.1, 0.15) is 22.6 Å². The monoisotopic (exact) mass is 296 g/mol. The second kappa shape index (κ2) is 6.24. The van der Waals surface area contributed by atoms with Gasteiger partial charge in [-0.25, -0.2) is 0 Å². The lowest BCUT2D eigenvalue weighted by atomic mass is 9.87. The molecule has 0 saturated heterocycles. The highest BCUT2D eigenvalue weighted by atomic mass is 16.3. The molecular weight excluding hydrogens is 274 g/mol. The Morgan fingerprint density at radius 2 is 1.86 bits per heavy atom. The summed E-state index contributed by atoms with van der Waals surface area (Å²) in [6.07, 6.45) is 2.86. The molecule has 3 heteroatoms. The van der Waals surface area contributed by atoms with Crippen molar-refractivity contribution in [1.82, 2.24) is 0 Å². The van der Waals surface area contributed by atoms with Gasteiger partial charge < -0.3 is 15.1 Å². The Labute approximate surface area is 131 Å². The van der Waals surface area contributed by atoms with Crippen LogP contribution in [0, 0.1) is 0 Å². The van der Waals surface area contributed by atoms with Crippen LogP contribution in [-0.4, -0.2) is 29.8 Å². The van der Waals surface area contributed by atoms with E-state index in [1.165, 1.54) is 10.5 Å². The van der Waals surface area contributed by atoms with Crippen molar-refractivity contribution in [2.24, 2.45) is 0 Å². The smallest absolute Gasteiger partial charge is 0.157 e. The van der Waals surface area contributed by atoms with Gasteiger partial charge >= 0.3 is 0 Å². The molecule has 2 aromatic rings. The summed E-state index contributed by atoms with van der Waals surface area (Å²) >= 11 is 0. The molecule has 1 aliphatic heterocycles. The number of phenols is 2. The molecule has 1 heterocycles. The molecule has 2 unspecified atom stereocenters. The number of aromatic hydroxyl groups is 2. The van der Waals surface area contributed by atoms with Crippen LogP contribution in [0.25, 0.3) is 0 Å². The van der Waals surface area contributed by atoms with Crippen molar-refractivity contribution >= 4 is 0 Å². The van der Waals surface area contributed by atoms with E-state index in [2.05, 4.69) is 18.7 Å². The SMILES string of the molecule is C=CC[NH+]1CCc2cc(O)c(O)cc2C(c2ccccc2)C1. The van der Waals surface area contributed by atoms with Crippen LogP contribution in [0.2, 0.25) is 0 Å². The summed E-state index contributed by atoms with van der Waals surface area (Å²) in [4.78, 5) is 1.47. The highest BCUT2D eigenvalue weighted by molar-refractivity contribution is 5.49. The molecule has 2 aromatic carbocycles. The van der Waals surface area contributed by atoms with Crippen molar-refractivity contribution in [2.45, 2.75) is 12.3 Å². The maximum Gasteiger partial charge on any atom is 0.157 e. The Balaban J connectivity index is 2.07. The van der Waals surface area contributed by atoms with Crippen LogP contribution in [0.5, 0.6) is 11.5 Å². The third kappa shape index (κ3) is 2.85. The fourth-order valence-electron chi connectivity index (χ4n) is 3.36. The van der Waals surface area contributed by atoms with Crippen molar-refractivity contribution < 1.29 is 15.1 Å². The molecule has 0 bridgehead atoms. The third-order valence-electron chi connectivity index (χ3n) is 4.49. The zero-order valence-electron chi connectivity index (χ0n) is 12.6. The van der Waals surface area contributed by atoms with Gasteiger partial charge in [-0.1, -0.05) is 36.9 Å². The largest absolute Gasteiger partial charge is 0.504 e. The molecule has 22 heavy (non-hydrogen) atoms. The second-order valence-electron chi connectivity index (χ2n) is 5.95. The van der Waals surface area contributed by atoms with E-state index in [1.807, 2.05) is 24.3 Å². The van der Waals surface area contributed by atoms with Crippen LogP contribution in [-0.2, 0) is 6.42 Å². The van der Waals surface area contributed by atoms with Crippen molar-refractivity contribution in [3.05, 3.63) is 71.8 Å². The van der Waals surface area contributed by atoms with Crippen LogP contribution in [0.3, 0.4) is 0 Å². The quantitative estimate of drug-likeness (QED) is 0.598. The molecule has 1 aliphatic rings. The van der Waals surface area contributed by atoms with Crippen molar-refractivity contribution in [3.8, 4) is 11.5 Å². The highest BCUT2D eigenvalue weighted by Crippen LogP contribution is 2.35. The molecule has 0 aliphatic carbocycles. The Bertz CT molecular complexity index is 667. The first kappa shape index (κ1) is 14.7. The summed E-state index contributed by atoms with van der Waals surface area (Å²) in [5.74, 6) is 0.157. The Kier molecular flexibility index (Phi) is 4.16. The normalized spacial score (nSPS) is 20.9. The molecule has 0 spiro atoms. The van der Waals surface area contributed by atoms with Crippen molar-refractivity contribution in [1.29, 1.82) is 0 Å². The van der Waals surface area contributed by atoms with E-state index in [-0.39, 0.29) is 17.4 Å². The second-order valence-corrected chi connectivity index (χ2v) is 5.95. The Hall–Kier alpha value is -2.26. The summed E-state index contributed by atoms with van der Waals surface area (Å²) in [6.45, 7) is 6.76. The number of fused-ring (bicyclic) bond motifs is 1. The molecule has 3 rings (SSSR count). The molecule has 0 aromatic heterocycles.